The van der Waals surface area contributed by atoms with Gasteiger partial charge >= 0.3 is 12.1 Å². The molecule has 1 unspecified atom stereocenters. The molecule has 0 spiro atoms. The summed E-state index contributed by atoms with van der Waals surface area (Å²) in [6, 6.07) is -0.727. The van der Waals surface area contributed by atoms with E-state index in [1.54, 1.807) is 20.8 Å². The molecule has 12 nitrogen and oxygen atoms in total. The third kappa shape index (κ3) is 6.19. The Labute approximate surface area is 163 Å². The summed E-state index contributed by atoms with van der Waals surface area (Å²) in [6.07, 6.45) is -0.732. The molecular weight excluding hydrogens is 394 g/mol. The summed E-state index contributed by atoms with van der Waals surface area (Å²) in [4.78, 5) is 54.8. The molecule has 0 aliphatic carbocycles. The van der Waals surface area contributed by atoms with E-state index in [-0.39, 0.29) is 29.0 Å². The first-order valence-electron chi connectivity index (χ1n) is 8.01. The minimum atomic E-state index is -1.28. The topological polar surface area (TPSA) is 168 Å². The number of rotatable bonds is 7. The van der Waals surface area contributed by atoms with E-state index >= 15 is 0 Å². The maximum Gasteiger partial charge on any atom is 0.413 e. The third-order valence-corrected chi connectivity index (χ3v) is 3.77. The van der Waals surface area contributed by atoms with Gasteiger partial charge in [-0.1, -0.05) is 5.16 Å². The number of carbonyl (C=O) groups excluding carboxylic acids is 3. The van der Waals surface area contributed by atoms with Gasteiger partial charge in [-0.05, 0) is 20.8 Å². The van der Waals surface area contributed by atoms with Crippen LogP contribution in [0.1, 0.15) is 26.5 Å². The molecule has 152 valence electrons. The fourth-order valence-electron chi connectivity index (χ4n) is 1.82. The van der Waals surface area contributed by atoms with Crippen molar-refractivity contribution in [2.45, 2.75) is 32.4 Å². The molecule has 3 amide bonds. The van der Waals surface area contributed by atoms with E-state index in [2.05, 4.69) is 30.9 Å². The summed E-state index contributed by atoms with van der Waals surface area (Å²) >= 11 is 0.993. The first kappa shape index (κ1) is 21.1. The van der Waals surface area contributed by atoms with E-state index in [1.807, 2.05) is 0 Å². The molecular formula is C15H19N5O7S. The molecule has 1 saturated heterocycles. The highest BCUT2D eigenvalue weighted by atomic mass is 32.1. The fourth-order valence-corrected chi connectivity index (χ4v) is 2.50. The number of β-lactam (4-membered cyclic amide) rings is 1. The van der Waals surface area contributed by atoms with Crippen LogP contribution in [-0.4, -0.2) is 64.5 Å². The van der Waals surface area contributed by atoms with Crippen LogP contribution in [0.2, 0.25) is 0 Å². The van der Waals surface area contributed by atoms with Crippen molar-refractivity contribution in [2.75, 3.05) is 18.5 Å². The summed E-state index contributed by atoms with van der Waals surface area (Å²) in [5, 5.41) is 21.0. The summed E-state index contributed by atoms with van der Waals surface area (Å²) in [6.45, 7) is 4.59. The Morgan fingerprint density at radius 2 is 2.14 bits per heavy atom. The molecule has 1 aliphatic heterocycles. The van der Waals surface area contributed by atoms with E-state index < -0.39 is 36.2 Å². The number of hydrogen-bond donors (Lipinski definition) is 4. The summed E-state index contributed by atoms with van der Waals surface area (Å²) in [5.74, 6) is -2.42. The predicted molar refractivity (Wildman–Crippen MR) is 97.0 cm³/mol. The van der Waals surface area contributed by atoms with Gasteiger partial charge in [-0.3, -0.25) is 14.9 Å². The van der Waals surface area contributed by atoms with Crippen LogP contribution in [0.3, 0.4) is 0 Å². The van der Waals surface area contributed by atoms with Crippen LogP contribution in [0.4, 0.5) is 9.93 Å². The SMILES string of the molecule is CC(C)(C)OC(=O)Nc1nc(C(=NOCC(=O)O)C(=O)NC2CNC2=O)cs1. The zero-order valence-corrected chi connectivity index (χ0v) is 16.1. The highest BCUT2D eigenvalue weighted by Gasteiger charge is 2.31. The lowest BCUT2D eigenvalue weighted by Gasteiger charge is -2.26. The van der Waals surface area contributed by atoms with E-state index in [4.69, 9.17) is 9.84 Å². The van der Waals surface area contributed by atoms with Gasteiger partial charge in [0.25, 0.3) is 5.91 Å². The first-order chi connectivity index (χ1) is 13.0. The standard InChI is InChI=1S/C15H19N5O7S/c1-15(2,3)27-14(25)19-13-18-8(6-28-13)10(20-26-5-9(21)22)12(24)17-7-4-16-11(7)23/h6-7H,4-5H2,1-3H3,(H,16,23)(H,17,24)(H,21,22)(H,18,19,25). The average molecular weight is 413 g/mol. The molecule has 28 heavy (non-hydrogen) atoms. The second-order valence-electron chi connectivity index (χ2n) is 6.54. The number of aromatic nitrogens is 1. The molecule has 1 aromatic rings. The minimum Gasteiger partial charge on any atom is -0.479 e. The molecule has 1 fully saturated rings. The molecule has 13 heteroatoms. The van der Waals surface area contributed by atoms with Crippen molar-refractivity contribution in [3.05, 3.63) is 11.1 Å². The van der Waals surface area contributed by atoms with Crippen molar-refractivity contribution in [1.29, 1.82) is 0 Å². The Kier molecular flexibility index (Phi) is 6.51. The Balaban J connectivity index is 2.12. The van der Waals surface area contributed by atoms with E-state index in [1.165, 1.54) is 5.38 Å². The second kappa shape index (κ2) is 8.65. The number of nitrogens with one attached hydrogen (secondary N) is 3. The second-order valence-corrected chi connectivity index (χ2v) is 7.40. The average Bonchev–Trinajstić information content (AvgIpc) is 3.00. The number of amides is 3. The number of carboxylic acid groups (broad SMARTS) is 1. The largest absolute Gasteiger partial charge is 0.479 e. The molecule has 0 radical (unpaired) electrons. The van der Waals surface area contributed by atoms with Gasteiger partial charge in [0, 0.05) is 11.9 Å². The Morgan fingerprint density at radius 3 is 2.68 bits per heavy atom. The Hall–Kier alpha value is -3.22. The van der Waals surface area contributed by atoms with Crippen LogP contribution in [0.5, 0.6) is 0 Å². The van der Waals surface area contributed by atoms with Crippen molar-refractivity contribution in [3.8, 4) is 0 Å². The number of hydrogen-bond acceptors (Lipinski definition) is 9. The summed E-state index contributed by atoms with van der Waals surface area (Å²) < 4.78 is 5.11. The van der Waals surface area contributed by atoms with Crippen LogP contribution < -0.4 is 16.0 Å². The highest BCUT2D eigenvalue weighted by molar-refractivity contribution is 7.14. The maximum atomic E-state index is 12.4. The van der Waals surface area contributed by atoms with Crippen molar-refractivity contribution >= 4 is 46.1 Å². The van der Waals surface area contributed by atoms with Crippen LogP contribution in [0.25, 0.3) is 0 Å². The normalized spacial score (nSPS) is 16.5. The number of oxime groups is 1. The van der Waals surface area contributed by atoms with Crippen LogP contribution in [0.15, 0.2) is 10.5 Å². The predicted octanol–water partition coefficient (Wildman–Crippen LogP) is -0.0900. The number of ether oxygens (including phenoxy) is 1. The monoisotopic (exact) mass is 413 g/mol. The molecule has 0 saturated carbocycles. The third-order valence-electron chi connectivity index (χ3n) is 3.02. The van der Waals surface area contributed by atoms with Gasteiger partial charge in [-0.2, -0.15) is 0 Å². The van der Waals surface area contributed by atoms with Gasteiger partial charge in [-0.15, -0.1) is 11.3 Å². The van der Waals surface area contributed by atoms with Gasteiger partial charge in [0.2, 0.25) is 12.5 Å². The van der Waals surface area contributed by atoms with Gasteiger partial charge in [0.05, 0.1) is 0 Å². The summed E-state index contributed by atoms with van der Waals surface area (Å²) in [7, 11) is 0. The lowest BCUT2D eigenvalue weighted by molar-refractivity contribution is -0.142. The van der Waals surface area contributed by atoms with Crippen molar-refractivity contribution < 1.29 is 33.9 Å². The first-order valence-corrected chi connectivity index (χ1v) is 8.89. The lowest BCUT2D eigenvalue weighted by atomic mass is 10.1. The molecule has 0 bridgehead atoms. The summed E-state index contributed by atoms with van der Waals surface area (Å²) in [5.41, 5.74) is -1.02. The minimum absolute atomic E-state index is 0.0266. The number of carboxylic acids is 1. The molecule has 4 N–H and O–H groups in total. The van der Waals surface area contributed by atoms with Crippen LogP contribution in [0, 0.1) is 0 Å². The molecule has 2 heterocycles. The number of anilines is 1. The molecule has 1 aliphatic rings. The smallest absolute Gasteiger partial charge is 0.413 e. The van der Waals surface area contributed by atoms with E-state index in [9.17, 15) is 19.2 Å². The van der Waals surface area contributed by atoms with Gasteiger partial charge < -0.3 is 25.3 Å². The molecule has 1 atom stereocenters. The number of aliphatic carboxylic acids is 1. The Bertz CT molecular complexity index is 814. The van der Waals surface area contributed by atoms with E-state index in [0.29, 0.717) is 0 Å². The quantitative estimate of drug-likeness (QED) is 0.273. The number of thiazole rings is 1. The van der Waals surface area contributed by atoms with Crippen LogP contribution in [-0.2, 0) is 24.0 Å². The zero-order valence-electron chi connectivity index (χ0n) is 15.3. The van der Waals surface area contributed by atoms with Crippen molar-refractivity contribution in [3.63, 3.8) is 0 Å². The van der Waals surface area contributed by atoms with Gasteiger partial charge in [-0.25, -0.2) is 14.6 Å². The fraction of sp³-hybridized carbons (Fsp3) is 0.467. The van der Waals surface area contributed by atoms with Gasteiger partial charge in [0.15, 0.2) is 10.8 Å². The Morgan fingerprint density at radius 1 is 1.43 bits per heavy atom. The zero-order chi connectivity index (χ0) is 20.9. The highest BCUT2D eigenvalue weighted by Crippen LogP contribution is 2.18. The molecule has 2 rings (SSSR count). The number of nitrogens with zero attached hydrogens (tertiary/aromatic N) is 2. The lowest BCUT2D eigenvalue weighted by Crippen LogP contribution is -2.62. The van der Waals surface area contributed by atoms with Crippen molar-refractivity contribution in [2.24, 2.45) is 5.16 Å². The molecule has 0 aromatic carbocycles. The van der Waals surface area contributed by atoms with E-state index in [0.717, 1.165) is 11.3 Å². The molecule has 1 aromatic heterocycles. The maximum absolute atomic E-state index is 12.4. The number of carbonyl (C=O) groups is 4. The van der Waals surface area contributed by atoms with Crippen LogP contribution >= 0.6 is 11.3 Å². The van der Waals surface area contributed by atoms with Gasteiger partial charge in [0.1, 0.15) is 17.3 Å². The van der Waals surface area contributed by atoms with Crippen molar-refractivity contribution in [1.82, 2.24) is 15.6 Å².